The van der Waals surface area contributed by atoms with Crippen LogP contribution < -0.4 is 0 Å². The second kappa shape index (κ2) is 8.42. The predicted octanol–water partition coefficient (Wildman–Crippen LogP) is 4.92. The van der Waals surface area contributed by atoms with Crippen molar-refractivity contribution in [3.63, 3.8) is 0 Å². The maximum atomic E-state index is 4.78. The van der Waals surface area contributed by atoms with Gasteiger partial charge in [0.15, 0.2) is 5.82 Å². The smallest absolute Gasteiger partial charge is 0.160 e. The van der Waals surface area contributed by atoms with Gasteiger partial charge in [-0.25, -0.2) is 9.97 Å². The van der Waals surface area contributed by atoms with Gasteiger partial charge in [0.2, 0.25) is 0 Å². The minimum Gasteiger partial charge on any atom is -0.294 e. The van der Waals surface area contributed by atoms with Crippen LogP contribution >= 0.6 is 15.9 Å². The Morgan fingerprint density at radius 2 is 1.87 bits per heavy atom. The Hall–Kier alpha value is -2.96. The molecule has 0 N–H and O–H groups in total. The van der Waals surface area contributed by atoms with E-state index in [0.717, 1.165) is 58.9 Å². The van der Waals surface area contributed by atoms with E-state index in [2.05, 4.69) is 54.0 Å². The van der Waals surface area contributed by atoms with Crippen molar-refractivity contribution < 1.29 is 0 Å². The van der Waals surface area contributed by atoms with Crippen LogP contribution in [0.25, 0.3) is 22.6 Å². The summed E-state index contributed by atoms with van der Waals surface area (Å²) in [6, 6.07) is 16.3. The van der Waals surface area contributed by atoms with Crippen LogP contribution in [0.2, 0.25) is 0 Å². The number of halogens is 1. The highest BCUT2D eigenvalue weighted by molar-refractivity contribution is 9.10. The molecule has 6 heteroatoms. The molecule has 30 heavy (non-hydrogen) atoms. The highest BCUT2D eigenvalue weighted by Gasteiger charge is 2.19. The predicted molar refractivity (Wildman–Crippen MR) is 120 cm³/mol. The summed E-state index contributed by atoms with van der Waals surface area (Å²) >= 11 is 3.60. The van der Waals surface area contributed by atoms with Crippen LogP contribution in [-0.2, 0) is 19.5 Å². The highest BCUT2D eigenvalue weighted by Crippen LogP contribution is 2.27. The van der Waals surface area contributed by atoms with Crippen LogP contribution in [-0.4, -0.2) is 31.4 Å². The standard InChI is InChI=1S/C24H20BrN5/c25-21-6-2-1-5-20(21)23-8-7-17(12-27-23)15-30-11-9-22-19(16-30)14-28-24(29-22)18-4-3-10-26-13-18/h1-8,10,12-14H,9,11,15-16H2. The van der Waals surface area contributed by atoms with Gasteiger partial charge in [0.1, 0.15) is 0 Å². The summed E-state index contributed by atoms with van der Waals surface area (Å²) < 4.78 is 1.06. The van der Waals surface area contributed by atoms with Crippen molar-refractivity contribution in [2.45, 2.75) is 19.5 Å². The van der Waals surface area contributed by atoms with Gasteiger partial charge in [-0.1, -0.05) is 40.2 Å². The number of rotatable bonds is 4. The number of nitrogens with zero attached hydrogens (tertiary/aromatic N) is 5. The van der Waals surface area contributed by atoms with Gasteiger partial charge in [0.05, 0.1) is 11.4 Å². The van der Waals surface area contributed by atoms with E-state index in [9.17, 15) is 0 Å². The summed E-state index contributed by atoms with van der Waals surface area (Å²) in [5.74, 6) is 0.752. The van der Waals surface area contributed by atoms with E-state index in [0.29, 0.717) is 0 Å². The van der Waals surface area contributed by atoms with Crippen LogP contribution in [0.4, 0.5) is 0 Å². The van der Waals surface area contributed by atoms with Crippen molar-refractivity contribution in [3.8, 4) is 22.6 Å². The Bertz CT molecular complexity index is 1160. The zero-order chi connectivity index (χ0) is 20.3. The molecule has 4 heterocycles. The van der Waals surface area contributed by atoms with Crippen molar-refractivity contribution in [3.05, 3.63) is 94.6 Å². The number of pyridine rings is 2. The molecular formula is C24H20BrN5. The lowest BCUT2D eigenvalue weighted by Gasteiger charge is -2.28. The zero-order valence-electron chi connectivity index (χ0n) is 16.4. The first-order valence-electron chi connectivity index (χ1n) is 9.93. The van der Waals surface area contributed by atoms with E-state index >= 15 is 0 Å². The topological polar surface area (TPSA) is 54.8 Å². The van der Waals surface area contributed by atoms with Gasteiger partial charge in [-0.15, -0.1) is 0 Å². The molecule has 0 saturated carbocycles. The summed E-state index contributed by atoms with van der Waals surface area (Å²) in [7, 11) is 0. The Labute approximate surface area is 184 Å². The fourth-order valence-electron chi connectivity index (χ4n) is 3.75. The normalized spacial score (nSPS) is 13.8. The van der Waals surface area contributed by atoms with E-state index in [1.54, 1.807) is 6.20 Å². The molecule has 148 valence electrons. The average Bonchev–Trinajstić information content (AvgIpc) is 2.80. The van der Waals surface area contributed by atoms with Gasteiger partial charge in [-0.2, -0.15) is 0 Å². The first-order chi connectivity index (χ1) is 14.8. The molecule has 3 aromatic heterocycles. The fourth-order valence-corrected chi connectivity index (χ4v) is 4.24. The van der Waals surface area contributed by atoms with Crippen molar-refractivity contribution in [2.24, 2.45) is 0 Å². The summed E-state index contributed by atoms with van der Waals surface area (Å²) in [4.78, 5) is 20.6. The first kappa shape index (κ1) is 19.0. The molecule has 0 atom stereocenters. The fraction of sp³-hybridized carbons (Fsp3) is 0.167. The number of benzene rings is 1. The Balaban J connectivity index is 1.28. The zero-order valence-corrected chi connectivity index (χ0v) is 18.0. The molecular weight excluding hydrogens is 438 g/mol. The van der Waals surface area contributed by atoms with Gasteiger partial charge in [0.25, 0.3) is 0 Å². The number of fused-ring (bicyclic) bond motifs is 1. The second-order valence-corrected chi connectivity index (χ2v) is 8.25. The molecule has 1 aliphatic rings. The molecule has 0 radical (unpaired) electrons. The van der Waals surface area contributed by atoms with Crippen LogP contribution in [0, 0.1) is 0 Å². The van der Waals surface area contributed by atoms with Crippen LogP contribution in [0.5, 0.6) is 0 Å². The first-order valence-corrected chi connectivity index (χ1v) is 10.7. The molecule has 4 aromatic rings. The van der Waals surface area contributed by atoms with Crippen LogP contribution in [0.15, 0.2) is 77.8 Å². The van der Waals surface area contributed by atoms with Crippen LogP contribution in [0.1, 0.15) is 16.8 Å². The molecule has 0 unspecified atom stereocenters. The van der Waals surface area contributed by atoms with Gasteiger partial charge < -0.3 is 0 Å². The summed E-state index contributed by atoms with van der Waals surface area (Å²) in [5, 5.41) is 0. The summed E-state index contributed by atoms with van der Waals surface area (Å²) in [6.07, 6.45) is 8.44. The minimum atomic E-state index is 0.752. The lowest BCUT2D eigenvalue weighted by Crippen LogP contribution is -2.31. The highest BCUT2D eigenvalue weighted by atomic mass is 79.9. The molecule has 1 aromatic carbocycles. The van der Waals surface area contributed by atoms with Crippen molar-refractivity contribution >= 4 is 15.9 Å². The van der Waals surface area contributed by atoms with Gasteiger partial charge >= 0.3 is 0 Å². The van der Waals surface area contributed by atoms with E-state index in [1.807, 2.05) is 48.9 Å². The Morgan fingerprint density at radius 1 is 0.933 bits per heavy atom. The summed E-state index contributed by atoms with van der Waals surface area (Å²) in [5.41, 5.74) is 6.60. The number of hydrogen-bond donors (Lipinski definition) is 0. The molecule has 0 aliphatic carbocycles. The van der Waals surface area contributed by atoms with Gasteiger partial charge in [0, 0.05) is 72.0 Å². The Kier molecular flexibility index (Phi) is 5.34. The third-order valence-electron chi connectivity index (χ3n) is 5.31. The van der Waals surface area contributed by atoms with E-state index in [1.165, 1.54) is 11.1 Å². The minimum absolute atomic E-state index is 0.752. The third-order valence-corrected chi connectivity index (χ3v) is 6.00. The second-order valence-electron chi connectivity index (χ2n) is 7.40. The maximum absolute atomic E-state index is 4.78. The van der Waals surface area contributed by atoms with Gasteiger partial charge in [-0.05, 0) is 29.8 Å². The molecule has 5 rings (SSSR count). The average molecular weight is 458 g/mol. The maximum Gasteiger partial charge on any atom is 0.160 e. The molecule has 0 bridgehead atoms. The number of aromatic nitrogens is 4. The molecule has 1 aliphatic heterocycles. The molecule has 5 nitrogen and oxygen atoms in total. The Morgan fingerprint density at radius 3 is 2.67 bits per heavy atom. The van der Waals surface area contributed by atoms with Gasteiger partial charge in [-0.3, -0.25) is 14.9 Å². The summed E-state index contributed by atoms with van der Waals surface area (Å²) in [6.45, 7) is 2.70. The van der Waals surface area contributed by atoms with Crippen LogP contribution in [0.3, 0.4) is 0 Å². The largest absolute Gasteiger partial charge is 0.294 e. The van der Waals surface area contributed by atoms with E-state index in [-0.39, 0.29) is 0 Å². The van der Waals surface area contributed by atoms with Crippen molar-refractivity contribution in [2.75, 3.05) is 6.54 Å². The quantitative estimate of drug-likeness (QED) is 0.435. The van der Waals surface area contributed by atoms with E-state index in [4.69, 9.17) is 4.98 Å². The van der Waals surface area contributed by atoms with Crippen molar-refractivity contribution in [1.29, 1.82) is 0 Å². The molecule has 0 spiro atoms. The third kappa shape index (κ3) is 4.01. The molecule has 0 saturated heterocycles. The SMILES string of the molecule is Brc1ccccc1-c1ccc(CN2CCc3nc(-c4cccnc4)ncc3C2)cn1. The molecule has 0 amide bonds. The van der Waals surface area contributed by atoms with Crippen molar-refractivity contribution in [1.82, 2.24) is 24.8 Å². The monoisotopic (exact) mass is 457 g/mol. The lowest BCUT2D eigenvalue weighted by atomic mass is 10.1. The molecule has 0 fully saturated rings. The number of hydrogen-bond acceptors (Lipinski definition) is 5. The van der Waals surface area contributed by atoms with E-state index < -0.39 is 0 Å². The lowest BCUT2D eigenvalue weighted by molar-refractivity contribution is 0.242.